The van der Waals surface area contributed by atoms with E-state index in [-0.39, 0.29) is 17.4 Å². The number of rotatable bonds is 6. The van der Waals surface area contributed by atoms with E-state index in [0.717, 1.165) is 49.7 Å². The summed E-state index contributed by atoms with van der Waals surface area (Å²) in [5, 5.41) is 11.0. The van der Waals surface area contributed by atoms with Gasteiger partial charge < -0.3 is 14.6 Å². The highest BCUT2D eigenvalue weighted by atomic mass is 16.3. The van der Waals surface area contributed by atoms with Gasteiger partial charge >= 0.3 is 0 Å². The first-order chi connectivity index (χ1) is 15.5. The van der Waals surface area contributed by atoms with E-state index >= 15 is 0 Å². The summed E-state index contributed by atoms with van der Waals surface area (Å²) in [6.45, 7) is 11.1. The Bertz CT molecular complexity index is 1100. The molecule has 4 rings (SSSR count). The SMILES string of the molecule is CCN1CCN(C(c2ccc(C)cc2)c2c(O)cc(C)n(Cc3ccccn3)c2=O)CC1. The quantitative estimate of drug-likeness (QED) is 0.647. The molecule has 1 aliphatic rings. The van der Waals surface area contributed by atoms with Gasteiger partial charge in [0.15, 0.2) is 0 Å². The van der Waals surface area contributed by atoms with E-state index in [4.69, 9.17) is 0 Å². The smallest absolute Gasteiger partial charge is 0.260 e. The first-order valence-corrected chi connectivity index (χ1v) is 11.3. The van der Waals surface area contributed by atoms with Crippen LogP contribution in [0.4, 0.5) is 0 Å². The molecule has 0 aliphatic carbocycles. The Morgan fingerprint density at radius 3 is 2.38 bits per heavy atom. The summed E-state index contributed by atoms with van der Waals surface area (Å²) in [7, 11) is 0. The molecular weight excluding hydrogens is 400 g/mol. The van der Waals surface area contributed by atoms with Gasteiger partial charge in [-0.3, -0.25) is 14.7 Å². The van der Waals surface area contributed by atoms with Crippen LogP contribution in [-0.2, 0) is 6.54 Å². The molecule has 0 amide bonds. The Morgan fingerprint density at radius 1 is 1.03 bits per heavy atom. The zero-order chi connectivity index (χ0) is 22.7. The Balaban J connectivity index is 1.80. The van der Waals surface area contributed by atoms with Crippen LogP contribution < -0.4 is 5.56 Å². The fourth-order valence-corrected chi connectivity index (χ4v) is 4.52. The second kappa shape index (κ2) is 9.67. The molecule has 1 N–H and O–H groups in total. The number of pyridine rings is 2. The van der Waals surface area contributed by atoms with Gasteiger partial charge in [-0.05, 0) is 44.2 Å². The maximum absolute atomic E-state index is 13.8. The lowest BCUT2D eigenvalue weighted by Gasteiger charge is -2.39. The zero-order valence-corrected chi connectivity index (χ0v) is 19.2. The average molecular weight is 433 g/mol. The van der Waals surface area contributed by atoms with Gasteiger partial charge in [-0.2, -0.15) is 0 Å². The number of aryl methyl sites for hydroxylation is 2. The van der Waals surface area contributed by atoms with Crippen LogP contribution in [0.5, 0.6) is 5.75 Å². The molecule has 2 aromatic heterocycles. The molecule has 0 spiro atoms. The molecule has 1 unspecified atom stereocenters. The summed E-state index contributed by atoms with van der Waals surface area (Å²) in [5.41, 5.74) is 4.03. The summed E-state index contributed by atoms with van der Waals surface area (Å²) >= 11 is 0. The van der Waals surface area contributed by atoms with Gasteiger partial charge in [0.1, 0.15) is 5.75 Å². The third kappa shape index (κ3) is 4.61. The molecule has 0 saturated carbocycles. The topological polar surface area (TPSA) is 61.6 Å². The van der Waals surface area contributed by atoms with Crippen molar-refractivity contribution in [1.82, 2.24) is 19.4 Å². The standard InChI is InChI=1S/C26H32N4O2/c1-4-28-13-15-29(16-14-28)25(21-10-8-19(2)9-11-21)24-23(31)17-20(3)30(26(24)32)18-22-7-5-6-12-27-22/h5-12,17,25,31H,4,13-16,18H2,1-3H3. The lowest BCUT2D eigenvalue weighted by molar-refractivity contribution is 0.111. The number of hydrogen-bond donors (Lipinski definition) is 1. The summed E-state index contributed by atoms with van der Waals surface area (Å²) in [6.07, 6.45) is 1.74. The molecule has 3 aromatic rings. The minimum atomic E-state index is -0.294. The maximum Gasteiger partial charge on any atom is 0.260 e. The highest BCUT2D eigenvalue weighted by Crippen LogP contribution is 2.33. The first-order valence-electron chi connectivity index (χ1n) is 11.3. The number of nitrogens with zero attached hydrogens (tertiary/aromatic N) is 4. The van der Waals surface area contributed by atoms with Gasteiger partial charge in [0, 0.05) is 38.1 Å². The largest absolute Gasteiger partial charge is 0.507 e. The van der Waals surface area contributed by atoms with Gasteiger partial charge in [0.25, 0.3) is 5.56 Å². The second-order valence-electron chi connectivity index (χ2n) is 8.58. The van der Waals surface area contributed by atoms with Crippen molar-refractivity contribution in [1.29, 1.82) is 0 Å². The van der Waals surface area contributed by atoms with E-state index in [1.54, 1.807) is 16.8 Å². The highest BCUT2D eigenvalue weighted by Gasteiger charge is 2.31. The van der Waals surface area contributed by atoms with Gasteiger partial charge in [-0.25, -0.2) is 0 Å². The van der Waals surface area contributed by atoms with Gasteiger partial charge in [0.05, 0.1) is 23.8 Å². The lowest BCUT2D eigenvalue weighted by Crippen LogP contribution is -2.48. The zero-order valence-electron chi connectivity index (χ0n) is 19.2. The number of piperazine rings is 1. The molecule has 32 heavy (non-hydrogen) atoms. The molecule has 1 fully saturated rings. The van der Waals surface area contributed by atoms with E-state index < -0.39 is 0 Å². The second-order valence-corrected chi connectivity index (χ2v) is 8.58. The monoisotopic (exact) mass is 432 g/mol. The van der Waals surface area contributed by atoms with Crippen molar-refractivity contribution in [2.45, 2.75) is 33.4 Å². The Kier molecular flexibility index (Phi) is 6.72. The van der Waals surface area contributed by atoms with Crippen LogP contribution in [0.2, 0.25) is 0 Å². The number of benzene rings is 1. The Labute approximate surface area is 189 Å². The molecular formula is C26H32N4O2. The van der Waals surface area contributed by atoms with Crippen LogP contribution in [0.15, 0.2) is 59.5 Å². The van der Waals surface area contributed by atoms with Crippen LogP contribution in [0.1, 0.15) is 41.0 Å². The van der Waals surface area contributed by atoms with Crippen LogP contribution in [0.3, 0.4) is 0 Å². The minimum absolute atomic E-state index is 0.0632. The van der Waals surface area contributed by atoms with E-state index in [2.05, 4.69) is 52.9 Å². The predicted molar refractivity (Wildman–Crippen MR) is 127 cm³/mol. The number of likely N-dealkylation sites (N-methyl/N-ethyl adjacent to an activating group) is 1. The summed E-state index contributed by atoms with van der Waals surface area (Å²) in [4.78, 5) is 22.9. The van der Waals surface area contributed by atoms with E-state index in [9.17, 15) is 9.90 Å². The molecule has 0 radical (unpaired) electrons. The van der Waals surface area contributed by atoms with Gasteiger partial charge in [-0.1, -0.05) is 42.8 Å². The van der Waals surface area contributed by atoms with Crippen molar-refractivity contribution in [2.24, 2.45) is 0 Å². The first kappa shape index (κ1) is 22.2. The Hall–Kier alpha value is -2.96. The van der Waals surface area contributed by atoms with E-state index in [1.165, 1.54) is 5.56 Å². The predicted octanol–water partition coefficient (Wildman–Crippen LogP) is 3.34. The number of hydrogen-bond acceptors (Lipinski definition) is 5. The molecule has 1 aliphatic heterocycles. The van der Waals surface area contributed by atoms with Crippen molar-refractivity contribution in [3.05, 3.63) is 93.2 Å². The minimum Gasteiger partial charge on any atom is -0.507 e. The number of aromatic hydroxyl groups is 1. The third-order valence-corrected chi connectivity index (χ3v) is 6.45. The third-order valence-electron chi connectivity index (χ3n) is 6.45. The fourth-order valence-electron chi connectivity index (χ4n) is 4.52. The molecule has 1 atom stereocenters. The van der Waals surface area contributed by atoms with Crippen molar-refractivity contribution in [3.63, 3.8) is 0 Å². The van der Waals surface area contributed by atoms with Crippen LogP contribution in [-0.4, -0.2) is 57.2 Å². The van der Waals surface area contributed by atoms with Crippen LogP contribution in [0.25, 0.3) is 0 Å². The van der Waals surface area contributed by atoms with Crippen LogP contribution in [0, 0.1) is 13.8 Å². The number of aromatic nitrogens is 2. The van der Waals surface area contributed by atoms with Crippen molar-refractivity contribution < 1.29 is 5.11 Å². The normalized spacial score (nSPS) is 16.2. The lowest BCUT2D eigenvalue weighted by atomic mass is 9.95. The van der Waals surface area contributed by atoms with Crippen molar-refractivity contribution in [3.8, 4) is 5.75 Å². The Morgan fingerprint density at radius 2 is 1.75 bits per heavy atom. The fraction of sp³-hybridized carbons (Fsp3) is 0.385. The maximum atomic E-state index is 13.8. The van der Waals surface area contributed by atoms with Gasteiger partial charge in [0.2, 0.25) is 0 Å². The highest BCUT2D eigenvalue weighted by molar-refractivity contribution is 5.41. The summed E-state index contributed by atoms with van der Waals surface area (Å²) < 4.78 is 1.72. The summed E-state index contributed by atoms with van der Waals surface area (Å²) in [6, 6.07) is 15.4. The molecule has 3 heterocycles. The van der Waals surface area contributed by atoms with Gasteiger partial charge in [-0.15, -0.1) is 0 Å². The van der Waals surface area contributed by atoms with Crippen molar-refractivity contribution in [2.75, 3.05) is 32.7 Å². The molecule has 6 heteroatoms. The van der Waals surface area contributed by atoms with Crippen LogP contribution >= 0.6 is 0 Å². The van der Waals surface area contributed by atoms with E-state index in [0.29, 0.717) is 12.1 Å². The average Bonchev–Trinajstić information content (AvgIpc) is 2.81. The molecule has 168 valence electrons. The molecule has 6 nitrogen and oxygen atoms in total. The molecule has 0 bridgehead atoms. The molecule has 1 saturated heterocycles. The summed E-state index contributed by atoms with van der Waals surface area (Å²) in [5.74, 6) is 0.0632. The molecule has 1 aromatic carbocycles. The van der Waals surface area contributed by atoms with E-state index in [1.807, 2.05) is 25.1 Å². The van der Waals surface area contributed by atoms with Crippen molar-refractivity contribution >= 4 is 0 Å².